The fraction of sp³-hybridized carbons (Fsp3) is 0.484. The summed E-state index contributed by atoms with van der Waals surface area (Å²) in [6.07, 6.45) is -1.22. The number of hydrogen-bond donors (Lipinski definition) is 8. The number of aliphatic hydroxyl groups excluding tert-OH is 2. The number of nitrogens with one attached hydrogen (secondary N) is 2. The second kappa shape index (κ2) is 11.0. The Morgan fingerprint density at radius 3 is 2.47 bits per heavy atom. The molecule has 2 aromatic rings. The van der Waals surface area contributed by atoms with Gasteiger partial charge in [0, 0.05) is 17.3 Å². The highest BCUT2D eigenvalue weighted by Crippen LogP contribution is 2.65. The Bertz CT molecular complexity index is 1580. The van der Waals surface area contributed by atoms with Crippen LogP contribution in [0.2, 0.25) is 0 Å². The van der Waals surface area contributed by atoms with Crippen molar-refractivity contribution in [2.24, 2.45) is 0 Å². The maximum Gasteiger partial charge on any atom is 0.335 e. The molecule has 2 bridgehead atoms. The molecule has 8 N–H and O–H groups in total. The van der Waals surface area contributed by atoms with Gasteiger partial charge in [-0.2, -0.15) is 0 Å². The fourth-order valence-electron chi connectivity index (χ4n) is 8.14. The molecule has 0 aromatic heterocycles. The van der Waals surface area contributed by atoms with Gasteiger partial charge in [0.25, 0.3) is 11.8 Å². The molecular weight excluding hydrogens is 590 g/mol. The third-order valence-electron chi connectivity index (χ3n) is 9.99. The van der Waals surface area contributed by atoms with Crippen LogP contribution in [0.1, 0.15) is 64.4 Å². The molecule has 1 spiro atoms. The Kier molecular flexibility index (Phi) is 7.51. The molecule has 3 unspecified atom stereocenters. The number of anilines is 1. The van der Waals surface area contributed by atoms with Crippen LogP contribution < -0.4 is 15.4 Å². The average Bonchev–Trinajstić information content (AvgIpc) is 3.51. The summed E-state index contributed by atoms with van der Waals surface area (Å²) < 4.78 is 6.56. The van der Waals surface area contributed by atoms with E-state index in [4.69, 9.17) is 25.2 Å². The lowest BCUT2D eigenvalue weighted by atomic mass is 9.48. The van der Waals surface area contributed by atoms with E-state index < -0.39 is 47.2 Å². The molecule has 1 saturated carbocycles. The molecule has 3 aliphatic heterocycles. The van der Waals surface area contributed by atoms with Crippen molar-refractivity contribution in [3.63, 3.8) is 0 Å². The number of aliphatic hydroxyl groups is 3. The summed E-state index contributed by atoms with van der Waals surface area (Å²) in [6, 6.07) is 8.71. The van der Waals surface area contributed by atoms with Gasteiger partial charge in [-0.1, -0.05) is 19.1 Å². The van der Waals surface area contributed by atoms with Crippen LogP contribution in [-0.2, 0) is 21.4 Å². The van der Waals surface area contributed by atoms with Gasteiger partial charge in [0.2, 0.25) is 0 Å². The molecule has 14 heteroatoms. The summed E-state index contributed by atoms with van der Waals surface area (Å²) in [5, 5.41) is 61.7. The van der Waals surface area contributed by atoms with Crippen molar-refractivity contribution in [2.75, 3.05) is 18.4 Å². The van der Waals surface area contributed by atoms with Crippen molar-refractivity contribution in [2.45, 2.75) is 80.4 Å². The van der Waals surface area contributed by atoms with Crippen molar-refractivity contribution in [1.29, 1.82) is 0 Å². The minimum atomic E-state index is -2.27. The maximum atomic E-state index is 12.5. The standard InChI is InChI=1S/C27H29N3O5.C4H6O6/c1-2-11-30-12-10-26-21-14-6-7-18(31)22(21)35-23(26)17(8-9-27(26,34)19(30)13-14)28-16-5-3-4-15-20(16)25(33)29-24(15)32;5-1(3(7)8)2(6)4(9)10/h3-7,17,19,23,28,31,34H,2,8-13H2,1H3,(H,29,32,33);1-2,5-6H,(H,7,8)(H,9,10)/t17-,19-,23+,26+,27?;/m1./s1. The number of imide groups is 1. The second-order valence-electron chi connectivity index (χ2n) is 12.3. The highest BCUT2D eigenvalue weighted by Gasteiger charge is 2.72. The Hall–Kier alpha value is -4.24. The molecule has 0 radical (unpaired) electrons. The number of phenols is 1. The van der Waals surface area contributed by atoms with Gasteiger partial charge in [-0.15, -0.1) is 0 Å². The molecule has 7 rings (SSSR count). The molecule has 2 fully saturated rings. The number of fused-ring (bicyclic) bond motifs is 1. The molecule has 2 amide bonds. The van der Waals surface area contributed by atoms with E-state index in [2.05, 4.69) is 22.5 Å². The number of amides is 2. The van der Waals surface area contributed by atoms with Crippen molar-refractivity contribution in [3.05, 3.63) is 52.6 Å². The molecule has 2 aliphatic carbocycles. The summed E-state index contributed by atoms with van der Waals surface area (Å²) in [5.41, 5.74) is 1.81. The molecule has 5 aliphatic rings. The third-order valence-corrected chi connectivity index (χ3v) is 9.99. The molecule has 2 aromatic carbocycles. The van der Waals surface area contributed by atoms with Crippen LogP contribution in [0.5, 0.6) is 11.5 Å². The van der Waals surface area contributed by atoms with E-state index in [1.165, 1.54) is 0 Å². The second-order valence-corrected chi connectivity index (χ2v) is 12.3. The van der Waals surface area contributed by atoms with Gasteiger partial charge in [0.1, 0.15) is 6.10 Å². The van der Waals surface area contributed by atoms with Crippen LogP contribution >= 0.6 is 0 Å². The maximum absolute atomic E-state index is 12.5. The number of nitrogens with zero attached hydrogens (tertiary/aromatic N) is 1. The van der Waals surface area contributed by atoms with Crippen LogP contribution in [0.4, 0.5) is 5.69 Å². The first-order valence-corrected chi connectivity index (χ1v) is 14.9. The first kappa shape index (κ1) is 30.8. The molecular formula is C31H35N3O11. The van der Waals surface area contributed by atoms with Crippen molar-refractivity contribution >= 4 is 29.4 Å². The number of rotatable bonds is 7. The number of aromatic hydroxyl groups is 1. The smallest absolute Gasteiger partial charge is 0.335 e. The lowest BCUT2D eigenvalue weighted by Crippen LogP contribution is -2.77. The van der Waals surface area contributed by atoms with Crippen molar-refractivity contribution in [3.8, 4) is 11.5 Å². The number of ether oxygens (including phenoxy) is 1. The number of hydrogen-bond acceptors (Lipinski definition) is 11. The molecule has 14 nitrogen and oxygen atoms in total. The molecule has 240 valence electrons. The summed E-state index contributed by atoms with van der Waals surface area (Å²) >= 11 is 0. The first-order valence-electron chi connectivity index (χ1n) is 14.9. The zero-order valence-corrected chi connectivity index (χ0v) is 24.4. The summed E-state index contributed by atoms with van der Waals surface area (Å²) in [4.78, 5) is 46.7. The van der Waals surface area contributed by atoms with E-state index in [9.17, 15) is 29.4 Å². The number of carboxylic acids is 2. The van der Waals surface area contributed by atoms with Crippen LogP contribution in [0.3, 0.4) is 0 Å². The number of phenolic OH excluding ortho intramolecular Hbond substituents is 1. The van der Waals surface area contributed by atoms with Gasteiger partial charge in [-0.3, -0.25) is 19.8 Å². The van der Waals surface area contributed by atoms with E-state index in [1.54, 1.807) is 18.2 Å². The monoisotopic (exact) mass is 625 g/mol. The van der Waals surface area contributed by atoms with Gasteiger partial charge >= 0.3 is 11.9 Å². The van der Waals surface area contributed by atoms with Crippen LogP contribution in [-0.4, -0.2) is 108 Å². The predicted molar refractivity (Wildman–Crippen MR) is 155 cm³/mol. The van der Waals surface area contributed by atoms with Crippen LogP contribution in [0.15, 0.2) is 30.3 Å². The fourth-order valence-corrected chi connectivity index (χ4v) is 8.14. The van der Waals surface area contributed by atoms with Gasteiger partial charge in [-0.25, -0.2) is 9.59 Å². The first-order chi connectivity index (χ1) is 21.4. The highest BCUT2D eigenvalue weighted by molar-refractivity contribution is 6.23. The van der Waals surface area contributed by atoms with Crippen LogP contribution in [0, 0.1) is 0 Å². The SMILES string of the molecule is CCCN1CC[C@]23c4c5ccc(O)c4O[C@H]2[C@H](Nc2cccc4c2C(=O)NC4=O)CCC3(O)[C@H]1C5.O=C(O)C(O)C(O)C(=O)O. The Morgan fingerprint density at radius 2 is 1.80 bits per heavy atom. The minimum absolute atomic E-state index is 0.00406. The van der Waals surface area contributed by atoms with E-state index in [0.29, 0.717) is 35.4 Å². The lowest BCUT2D eigenvalue weighted by Gasteiger charge is -2.64. The van der Waals surface area contributed by atoms with Gasteiger partial charge in [-0.05, 0) is 69.0 Å². The zero-order valence-electron chi connectivity index (χ0n) is 24.4. The van der Waals surface area contributed by atoms with Gasteiger partial charge < -0.3 is 40.7 Å². The van der Waals surface area contributed by atoms with E-state index in [-0.39, 0.29) is 23.7 Å². The number of benzene rings is 2. The number of piperidine rings is 1. The van der Waals surface area contributed by atoms with Crippen molar-refractivity contribution in [1.82, 2.24) is 10.2 Å². The number of likely N-dealkylation sites (tertiary alicyclic amines) is 1. The van der Waals surface area contributed by atoms with Gasteiger partial charge in [0.15, 0.2) is 23.7 Å². The topological polar surface area (TPSA) is 226 Å². The van der Waals surface area contributed by atoms with Crippen molar-refractivity contribution < 1.29 is 54.6 Å². The normalized spacial score (nSPS) is 30.1. The number of carbonyl (C=O) groups is 4. The van der Waals surface area contributed by atoms with E-state index in [0.717, 1.165) is 43.5 Å². The summed E-state index contributed by atoms with van der Waals surface area (Å²) in [7, 11) is 0. The molecule has 3 heterocycles. The van der Waals surface area contributed by atoms with Gasteiger partial charge in [0.05, 0.1) is 28.2 Å². The average molecular weight is 626 g/mol. The largest absolute Gasteiger partial charge is 0.504 e. The molecule has 45 heavy (non-hydrogen) atoms. The summed E-state index contributed by atoms with van der Waals surface area (Å²) in [6.45, 7) is 3.97. The minimum Gasteiger partial charge on any atom is -0.504 e. The van der Waals surface area contributed by atoms with E-state index in [1.807, 2.05) is 12.1 Å². The number of aliphatic carboxylic acids is 2. The summed E-state index contributed by atoms with van der Waals surface area (Å²) in [5.74, 6) is -3.73. The quantitative estimate of drug-likeness (QED) is 0.193. The number of carboxylic acid groups (broad SMARTS) is 2. The highest BCUT2D eigenvalue weighted by atomic mass is 16.5. The van der Waals surface area contributed by atoms with E-state index >= 15 is 0 Å². The lowest BCUT2D eigenvalue weighted by molar-refractivity contribution is -0.187. The molecule has 1 saturated heterocycles. The third kappa shape index (κ3) is 4.46. The zero-order chi connectivity index (χ0) is 32.4. The molecule has 7 atom stereocenters. The predicted octanol–water partition coefficient (Wildman–Crippen LogP) is 0.198. The number of carbonyl (C=O) groups excluding carboxylic acids is 2. The van der Waals surface area contributed by atoms with Crippen LogP contribution in [0.25, 0.3) is 0 Å². The Labute approximate surface area is 257 Å². The Balaban J connectivity index is 0.000000311. The Morgan fingerprint density at radius 1 is 1.09 bits per heavy atom.